The number of aromatic nitrogens is 3. The van der Waals surface area contributed by atoms with Crippen LogP contribution in [0.5, 0.6) is 0 Å². The highest BCUT2D eigenvalue weighted by atomic mass is 15.2. The number of nitrogen functional groups attached to an aromatic ring is 1. The quantitative estimate of drug-likeness (QED) is 0.769. The van der Waals surface area contributed by atoms with Crippen molar-refractivity contribution in [3.05, 3.63) is 48.3 Å². The van der Waals surface area contributed by atoms with Gasteiger partial charge in [-0.3, -0.25) is 0 Å². The number of para-hydroxylation sites is 1. The molecule has 6 nitrogen and oxygen atoms in total. The van der Waals surface area contributed by atoms with Crippen LogP contribution in [0.25, 0.3) is 11.0 Å². The Bertz CT molecular complexity index is 878. The largest absolute Gasteiger partial charge is 0.384 e. The van der Waals surface area contributed by atoms with Gasteiger partial charge < -0.3 is 16.0 Å². The maximum Gasteiger partial charge on any atom is 0.166 e. The van der Waals surface area contributed by atoms with Gasteiger partial charge in [0.1, 0.15) is 18.0 Å². The van der Waals surface area contributed by atoms with E-state index in [2.05, 4.69) is 56.4 Å². The third-order valence-electron chi connectivity index (χ3n) is 4.54. The maximum atomic E-state index is 5.73. The molecule has 6 heteroatoms. The van der Waals surface area contributed by atoms with Crippen LogP contribution in [-0.2, 0) is 6.42 Å². The summed E-state index contributed by atoms with van der Waals surface area (Å²) in [6.07, 6.45) is 2.63. The van der Waals surface area contributed by atoms with Gasteiger partial charge in [0.25, 0.3) is 0 Å². The monoisotopic (exact) mass is 320 g/mol. The van der Waals surface area contributed by atoms with Gasteiger partial charge in [0.05, 0.1) is 5.39 Å². The van der Waals surface area contributed by atoms with E-state index in [0.29, 0.717) is 17.5 Å². The topological polar surface area (TPSA) is 80.0 Å². The maximum absolute atomic E-state index is 5.73. The Hall–Kier alpha value is -2.89. The molecule has 1 aliphatic heterocycles. The van der Waals surface area contributed by atoms with Gasteiger partial charge in [-0.05, 0) is 37.1 Å². The van der Waals surface area contributed by atoms with Gasteiger partial charge in [0.2, 0.25) is 0 Å². The molecule has 4 rings (SSSR count). The highest BCUT2D eigenvalue weighted by molar-refractivity contribution is 5.87. The number of fused-ring (bicyclic) bond motifs is 2. The number of hydrogen-bond acceptors (Lipinski definition) is 6. The van der Waals surface area contributed by atoms with Crippen LogP contribution in [0.2, 0.25) is 0 Å². The van der Waals surface area contributed by atoms with Crippen LogP contribution in [0.3, 0.4) is 0 Å². The van der Waals surface area contributed by atoms with E-state index in [-0.39, 0.29) is 0 Å². The predicted octanol–water partition coefficient (Wildman–Crippen LogP) is 2.47. The van der Waals surface area contributed by atoms with Crippen molar-refractivity contribution in [2.75, 3.05) is 29.0 Å². The van der Waals surface area contributed by atoms with Crippen LogP contribution in [0.15, 0.2) is 42.7 Å². The lowest BCUT2D eigenvalue weighted by atomic mass is 10.2. The second-order valence-corrected chi connectivity index (χ2v) is 6.13. The molecule has 24 heavy (non-hydrogen) atoms. The molecule has 0 radical (unpaired) electrons. The minimum absolute atomic E-state index is 0.361. The average Bonchev–Trinajstić information content (AvgIpc) is 3.03. The molecule has 122 valence electrons. The number of nitrogens with two attached hydrogens (primary N) is 1. The van der Waals surface area contributed by atoms with Crippen molar-refractivity contribution in [3.8, 4) is 0 Å². The first-order valence-electron chi connectivity index (χ1n) is 8.18. The van der Waals surface area contributed by atoms with Gasteiger partial charge in [-0.25, -0.2) is 15.0 Å². The Morgan fingerprint density at radius 3 is 3.00 bits per heavy atom. The molecule has 0 saturated heterocycles. The van der Waals surface area contributed by atoms with Crippen molar-refractivity contribution in [3.63, 3.8) is 0 Å². The van der Waals surface area contributed by atoms with Crippen molar-refractivity contribution >= 4 is 28.4 Å². The Kier molecular flexibility index (Phi) is 3.65. The third kappa shape index (κ3) is 2.60. The summed E-state index contributed by atoms with van der Waals surface area (Å²) in [5, 5.41) is 4.33. The van der Waals surface area contributed by atoms with E-state index in [4.69, 9.17) is 5.73 Å². The molecule has 0 amide bonds. The number of rotatable bonds is 4. The molecular weight excluding hydrogens is 300 g/mol. The Balaban J connectivity index is 1.51. The minimum Gasteiger partial charge on any atom is -0.384 e. The van der Waals surface area contributed by atoms with E-state index < -0.39 is 0 Å². The van der Waals surface area contributed by atoms with E-state index in [1.165, 1.54) is 17.6 Å². The van der Waals surface area contributed by atoms with Crippen LogP contribution in [-0.4, -0.2) is 34.1 Å². The SMILES string of the molecule is CC(CNc1ncnc2nc(N)ccc12)N1CCc2ccccc21. The van der Waals surface area contributed by atoms with E-state index in [0.717, 1.165) is 30.7 Å². The summed E-state index contributed by atoms with van der Waals surface area (Å²) in [4.78, 5) is 15.2. The first-order chi connectivity index (χ1) is 11.7. The van der Waals surface area contributed by atoms with Crippen LogP contribution in [0.1, 0.15) is 12.5 Å². The second kappa shape index (κ2) is 5.96. The first kappa shape index (κ1) is 14.7. The van der Waals surface area contributed by atoms with Gasteiger partial charge in [-0.2, -0.15) is 0 Å². The summed E-state index contributed by atoms with van der Waals surface area (Å²) < 4.78 is 0. The van der Waals surface area contributed by atoms with Crippen molar-refractivity contribution in [1.29, 1.82) is 0 Å². The Labute approximate surface area is 140 Å². The molecule has 0 bridgehead atoms. The smallest absolute Gasteiger partial charge is 0.166 e. The fourth-order valence-corrected chi connectivity index (χ4v) is 3.27. The van der Waals surface area contributed by atoms with Crippen LogP contribution < -0.4 is 16.0 Å². The third-order valence-corrected chi connectivity index (χ3v) is 4.54. The number of nitrogens with zero attached hydrogens (tertiary/aromatic N) is 4. The molecule has 0 saturated carbocycles. The molecule has 0 aliphatic carbocycles. The van der Waals surface area contributed by atoms with E-state index >= 15 is 0 Å². The summed E-state index contributed by atoms with van der Waals surface area (Å²) in [6.45, 7) is 4.09. The molecule has 0 fully saturated rings. The number of benzene rings is 1. The highest BCUT2D eigenvalue weighted by Gasteiger charge is 2.22. The van der Waals surface area contributed by atoms with Gasteiger partial charge in [-0.1, -0.05) is 18.2 Å². The number of pyridine rings is 1. The van der Waals surface area contributed by atoms with Gasteiger partial charge in [-0.15, -0.1) is 0 Å². The number of hydrogen-bond donors (Lipinski definition) is 2. The summed E-state index contributed by atoms with van der Waals surface area (Å²) in [6, 6.07) is 12.7. The Morgan fingerprint density at radius 2 is 2.08 bits per heavy atom. The summed E-state index contributed by atoms with van der Waals surface area (Å²) in [5.41, 5.74) is 9.11. The van der Waals surface area contributed by atoms with Crippen LogP contribution >= 0.6 is 0 Å². The van der Waals surface area contributed by atoms with Crippen molar-refractivity contribution < 1.29 is 0 Å². The molecule has 1 aliphatic rings. The molecule has 1 aromatic carbocycles. The Morgan fingerprint density at radius 1 is 1.21 bits per heavy atom. The molecule has 2 aromatic heterocycles. The number of nitrogens with one attached hydrogen (secondary N) is 1. The van der Waals surface area contributed by atoms with Crippen molar-refractivity contribution in [2.45, 2.75) is 19.4 Å². The van der Waals surface area contributed by atoms with Crippen LogP contribution in [0, 0.1) is 0 Å². The fraction of sp³-hybridized carbons (Fsp3) is 0.278. The van der Waals surface area contributed by atoms with Gasteiger partial charge in [0.15, 0.2) is 5.65 Å². The fourth-order valence-electron chi connectivity index (χ4n) is 3.27. The molecule has 1 atom stereocenters. The van der Waals surface area contributed by atoms with Crippen LogP contribution in [0.4, 0.5) is 17.3 Å². The van der Waals surface area contributed by atoms with Crippen molar-refractivity contribution in [2.24, 2.45) is 0 Å². The second-order valence-electron chi connectivity index (χ2n) is 6.13. The van der Waals surface area contributed by atoms with Gasteiger partial charge in [0, 0.05) is 24.8 Å². The zero-order valence-electron chi connectivity index (χ0n) is 13.6. The molecular formula is C18H20N6. The zero-order chi connectivity index (χ0) is 16.5. The summed E-state index contributed by atoms with van der Waals surface area (Å²) >= 11 is 0. The molecule has 1 unspecified atom stereocenters. The lowest BCUT2D eigenvalue weighted by Gasteiger charge is -2.27. The lowest BCUT2D eigenvalue weighted by molar-refractivity contribution is 0.679. The highest BCUT2D eigenvalue weighted by Crippen LogP contribution is 2.29. The van der Waals surface area contributed by atoms with Crippen molar-refractivity contribution in [1.82, 2.24) is 15.0 Å². The minimum atomic E-state index is 0.361. The molecule has 3 N–H and O–H groups in total. The average molecular weight is 320 g/mol. The summed E-state index contributed by atoms with van der Waals surface area (Å²) in [7, 11) is 0. The van der Waals surface area contributed by atoms with E-state index in [1.807, 2.05) is 6.07 Å². The first-order valence-corrected chi connectivity index (χ1v) is 8.18. The molecule has 3 aromatic rings. The summed E-state index contributed by atoms with van der Waals surface area (Å²) in [5.74, 6) is 1.26. The molecule has 0 spiro atoms. The number of anilines is 3. The van der Waals surface area contributed by atoms with E-state index in [9.17, 15) is 0 Å². The zero-order valence-corrected chi connectivity index (χ0v) is 13.6. The molecule has 3 heterocycles. The van der Waals surface area contributed by atoms with Gasteiger partial charge >= 0.3 is 0 Å². The predicted molar refractivity (Wildman–Crippen MR) is 97.2 cm³/mol. The van der Waals surface area contributed by atoms with E-state index in [1.54, 1.807) is 6.07 Å². The lowest BCUT2D eigenvalue weighted by Crippen LogP contribution is -2.36. The standard InChI is InChI=1S/C18H20N6/c1-12(24-9-8-13-4-2-3-5-15(13)24)10-20-17-14-6-7-16(19)23-18(14)22-11-21-17/h2-7,11-12H,8-10H2,1H3,(H3,19,20,21,22,23). The normalized spacial score (nSPS) is 14.6.